The Bertz CT molecular complexity index is 868. The smallest absolute Gasteiger partial charge is 0.343 e. The lowest BCUT2D eigenvalue weighted by atomic mass is 9.97. The van der Waals surface area contributed by atoms with Crippen LogP contribution in [0.2, 0.25) is 0 Å². The van der Waals surface area contributed by atoms with E-state index in [2.05, 4.69) is 15.9 Å². The van der Waals surface area contributed by atoms with Gasteiger partial charge in [-0.2, -0.15) is 0 Å². The van der Waals surface area contributed by atoms with E-state index in [0.29, 0.717) is 16.7 Å². The van der Waals surface area contributed by atoms with Gasteiger partial charge in [0, 0.05) is 10.9 Å². The van der Waals surface area contributed by atoms with Gasteiger partial charge in [0.25, 0.3) is 0 Å². The molecule has 21 heavy (non-hydrogen) atoms. The molecule has 0 fully saturated rings. The molecule has 0 aliphatic heterocycles. The Balaban J connectivity index is 2.46. The van der Waals surface area contributed by atoms with E-state index in [0.717, 1.165) is 10.9 Å². The molecule has 0 bridgehead atoms. The van der Waals surface area contributed by atoms with Gasteiger partial charge in [-0.25, -0.2) is 9.18 Å². The Morgan fingerprint density at radius 1 is 1.10 bits per heavy atom. The summed E-state index contributed by atoms with van der Waals surface area (Å²) in [6.45, 7) is 1.87. The zero-order valence-corrected chi connectivity index (χ0v) is 12.9. The molecular weight excluding hydrogens is 335 g/mol. The van der Waals surface area contributed by atoms with Crippen molar-refractivity contribution in [2.45, 2.75) is 11.8 Å². The minimum atomic E-state index is -0.382. The molecule has 3 aromatic rings. The monoisotopic (exact) mass is 346 g/mol. The van der Waals surface area contributed by atoms with Gasteiger partial charge in [-0.3, -0.25) is 0 Å². The van der Waals surface area contributed by atoms with Crippen LogP contribution in [0.3, 0.4) is 0 Å². The van der Waals surface area contributed by atoms with Crippen LogP contribution in [0.5, 0.6) is 0 Å². The zero-order chi connectivity index (χ0) is 15.0. The molecule has 3 rings (SSSR count). The number of hydrogen-bond acceptors (Lipinski definition) is 2. The van der Waals surface area contributed by atoms with Crippen LogP contribution in [0.1, 0.15) is 17.5 Å². The third-order valence-corrected chi connectivity index (χ3v) is 3.76. The summed E-state index contributed by atoms with van der Waals surface area (Å²) in [5.74, 6) is 0.181. The fourth-order valence-corrected chi connectivity index (χ4v) is 2.76. The van der Waals surface area contributed by atoms with Gasteiger partial charge in [-0.1, -0.05) is 46.3 Å². The molecule has 0 N–H and O–H groups in total. The Labute approximate surface area is 129 Å². The number of halogens is 2. The molecule has 1 heterocycles. The number of alkyl halides is 1. The standard InChI is InChI=1S/C17H12BrFO2/c1-10(18)16-15(11-5-4-6-12(19)9-11)13-7-2-3-8-14(13)17(20)21-16/h2-10H,1H3. The minimum absolute atomic E-state index is 0.159. The number of benzene rings is 2. The van der Waals surface area contributed by atoms with Crippen LogP contribution >= 0.6 is 15.9 Å². The predicted octanol–water partition coefficient (Wildman–Crippen LogP) is 5.06. The largest absolute Gasteiger partial charge is 0.426 e. The van der Waals surface area contributed by atoms with Gasteiger partial charge in [0.15, 0.2) is 0 Å². The van der Waals surface area contributed by atoms with Crippen molar-refractivity contribution in [1.82, 2.24) is 0 Å². The average molecular weight is 347 g/mol. The van der Waals surface area contributed by atoms with Crippen molar-refractivity contribution in [1.29, 1.82) is 0 Å². The Kier molecular flexibility index (Phi) is 3.64. The summed E-state index contributed by atoms with van der Waals surface area (Å²) in [5.41, 5.74) is 1.05. The molecule has 0 amide bonds. The van der Waals surface area contributed by atoms with Gasteiger partial charge >= 0.3 is 5.63 Å². The van der Waals surface area contributed by atoms with Crippen LogP contribution in [-0.2, 0) is 0 Å². The first-order chi connectivity index (χ1) is 10.1. The van der Waals surface area contributed by atoms with E-state index in [1.807, 2.05) is 25.1 Å². The topological polar surface area (TPSA) is 30.2 Å². The molecule has 4 heteroatoms. The fourth-order valence-electron chi connectivity index (χ4n) is 2.44. The lowest BCUT2D eigenvalue weighted by molar-refractivity contribution is 0.473. The third kappa shape index (κ3) is 2.51. The number of fused-ring (bicyclic) bond motifs is 1. The van der Waals surface area contributed by atoms with Crippen molar-refractivity contribution in [2.75, 3.05) is 0 Å². The lowest BCUT2D eigenvalue weighted by Crippen LogP contribution is -2.05. The van der Waals surface area contributed by atoms with Crippen molar-refractivity contribution in [2.24, 2.45) is 0 Å². The van der Waals surface area contributed by atoms with E-state index >= 15 is 0 Å². The van der Waals surface area contributed by atoms with Gasteiger partial charge in [-0.05, 0) is 30.7 Å². The average Bonchev–Trinajstić information content (AvgIpc) is 2.47. The molecule has 1 aromatic heterocycles. The van der Waals surface area contributed by atoms with Crippen molar-refractivity contribution in [3.8, 4) is 11.1 Å². The van der Waals surface area contributed by atoms with Crippen LogP contribution in [0.15, 0.2) is 57.7 Å². The maximum Gasteiger partial charge on any atom is 0.343 e. The van der Waals surface area contributed by atoms with Crippen molar-refractivity contribution >= 4 is 26.7 Å². The molecule has 0 saturated heterocycles. The summed E-state index contributed by atoms with van der Waals surface area (Å²) in [6.07, 6.45) is 0. The highest BCUT2D eigenvalue weighted by atomic mass is 79.9. The molecule has 106 valence electrons. The third-order valence-electron chi connectivity index (χ3n) is 3.34. The van der Waals surface area contributed by atoms with Gasteiger partial charge in [0.05, 0.1) is 10.2 Å². The Morgan fingerprint density at radius 3 is 2.48 bits per heavy atom. The highest BCUT2D eigenvalue weighted by Crippen LogP contribution is 2.36. The van der Waals surface area contributed by atoms with Crippen LogP contribution < -0.4 is 5.63 Å². The second kappa shape index (κ2) is 5.45. The van der Waals surface area contributed by atoms with E-state index in [-0.39, 0.29) is 16.3 Å². The predicted molar refractivity (Wildman–Crippen MR) is 85.2 cm³/mol. The number of hydrogen-bond donors (Lipinski definition) is 0. The lowest BCUT2D eigenvalue weighted by Gasteiger charge is -2.13. The second-order valence-corrected chi connectivity index (χ2v) is 6.17. The molecule has 0 spiro atoms. The maximum absolute atomic E-state index is 13.6. The van der Waals surface area contributed by atoms with Gasteiger partial charge in [0.1, 0.15) is 11.6 Å². The summed E-state index contributed by atoms with van der Waals surface area (Å²) in [7, 11) is 0. The highest BCUT2D eigenvalue weighted by molar-refractivity contribution is 9.09. The molecule has 2 aromatic carbocycles. The van der Waals surface area contributed by atoms with E-state index in [4.69, 9.17) is 4.42 Å². The van der Waals surface area contributed by atoms with Crippen molar-refractivity contribution in [3.05, 3.63) is 70.5 Å². The molecule has 0 saturated carbocycles. The molecular formula is C17H12BrFO2. The molecule has 0 aliphatic carbocycles. The maximum atomic E-state index is 13.6. The molecule has 1 atom stereocenters. The highest BCUT2D eigenvalue weighted by Gasteiger charge is 2.18. The summed E-state index contributed by atoms with van der Waals surface area (Å²) in [4.78, 5) is 11.9. The Hall–Kier alpha value is -1.94. The zero-order valence-electron chi connectivity index (χ0n) is 11.3. The summed E-state index contributed by atoms with van der Waals surface area (Å²) < 4.78 is 19.0. The van der Waals surface area contributed by atoms with Crippen molar-refractivity contribution in [3.63, 3.8) is 0 Å². The molecule has 2 nitrogen and oxygen atoms in total. The van der Waals surface area contributed by atoms with Crippen LogP contribution in [0, 0.1) is 5.82 Å². The quantitative estimate of drug-likeness (QED) is 0.607. The van der Waals surface area contributed by atoms with Gasteiger partial charge in [0.2, 0.25) is 0 Å². The first kappa shape index (κ1) is 14.0. The molecule has 1 unspecified atom stereocenters. The minimum Gasteiger partial charge on any atom is -0.426 e. The van der Waals surface area contributed by atoms with E-state index in [1.165, 1.54) is 12.1 Å². The van der Waals surface area contributed by atoms with E-state index in [1.54, 1.807) is 18.2 Å². The molecule has 0 radical (unpaired) electrons. The molecule has 0 aliphatic rings. The van der Waals surface area contributed by atoms with Gasteiger partial charge in [-0.15, -0.1) is 0 Å². The first-order valence-electron chi connectivity index (χ1n) is 6.53. The summed E-state index contributed by atoms with van der Waals surface area (Å²) in [6, 6.07) is 13.5. The normalized spacial score (nSPS) is 12.5. The Morgan fingerprint density at radius 2 is 1.81 bits per heavy atom. The number of rotatable bonds is 2. The second-order valence-electron chi connectivity index (χ2n) is 4.80. The SMILES string of the molecule is CC(Br)c1oc(=O)c2ccccc2c1-c1cccc(F)c1. The van der Waals surface area contributed by atoms with Crippen LogP contribution in [-0.4, -0.2) is 0 Å². The summed E-state index contributed by atoms with van der Waals surface area (Å²) in [5, 5.41) is 1.26. The van der Waals surface area contributed by atoms with Crippen LogP contribution in [0.4, 0.5) is 4.39 Å². The summed E-state index contributed by atoms with van der Waals surface area (Å²) >= 11 is 3.44. The van der Waals surface area contributed by atoms with Crippen molar-refractivity contribution < 1.29 is 8.81 Å². The van der Waals surface area contributed by atoms with Gasteiger partial charge < -0.3 is 4.42 Å². The van der Waals surface area contributed by atoms with E-state index in [9.17, 15) is 9.18 Å². The van der Waals surface area contributed by atoms with Crippen LogP contribution in [0.25, 0.3) is 21.9 Å². The van der Waals surface area contributed by atoms with E-state index < -0.39 is 0 Å². The first-order valence-corrected chi connectivity index (χ1v) is 7.45. The fraction of sp³-hybridized carbons (Fsp3) is 0.118.